The van der Waals surface area contributed by atoms with E-state index in [-0.39, 0.29) is 24.2 Å². The van der Waals surface area contributed by atoms with E-state index in [1.54, 1.807) is 18.2 Å². The van der Waals surface area contributed by atoms with Crippen molar-refractivity contribution in [3.05, 3.63) is 30.1 Å². The van der Waals surface area contributed by atoms with Crippen molar-refractivity contribution in [3.63, 3.8) is 0 Å². The Morgan fingerprint density at radius 2 is 2.10 bits per heavy atom. The Hall–Kier alpha value is -1.46. The molecule has 20 heavy (non-hydrogen) atoms. The van der Waals surface area contributed by atoms with Crippen LogP contribution in [0.2, 0.25) is 0 Å². The van der Waals surface area contributed by atoms with Gasteiger partial charge in [-0.25, -0.2) is 4.39 Å². The molecule has 1 fully saturated rings. The number of carbonyl (C=O) groups excluding carboxylic acids is 1. The van der Waals surface area contributed by atoms with Gasteiger partial charge >= 0.3 is 0 Å². The topological polar surface area (TPSA) is 50.4 Å². The van der Waals surface area contributed by atoms with Crippen LogP contribution in [-0.4, -0.2) is 31.7 Å². The van der Waals surface area contributed by atoms with E-state index in [9.17, 15) is 9.18 Å². The maximum atomic E-state index is 13.4. The number of ether oxygens (including phenoxy) is 1. The van der Waals surface area contributed by atoms with Crippen molar-refractivity contribution in [3.8, 4) is 0 Å². The van der Waals surface area contributed by atoms with Crippen LogP contribution in [0.25, 0.3) is 0 Å². The summed E-state index contributed by atoms with van der Waals surface area (Å²) in [6.45, 7) is 3.84. The molecule has 1 aromatic carbocycles. The van der Waals surface area contributed by atoms with Gasteiger partial charge in [-0.2, -0.15) is 0 Å². The highest BCUT2D eigenvalue weighted by atomic mass is 19.1. The molecule has 0 aliphatic carbocycles. The summed E-state index contributed by atoms with van der Waals surface area (Å²) in [7, 11) is 0. The first kappa shape index (κ1) is 14.9. The molecular weight excluding hydrogens is 259 g/mol. The van der Waals surface area contributed by atoms with Crippen LogP contribution in [0.3, 0.4) is 0 Å². The molecule has 1 unspecified atom stereocenters. The van der Waals surface area contributed by atoms with Gasteiger partial charge in [-0.05, 0) is 37.8 Å². The third-order valence-electron chi connectivity index (χ3n) is 3.71. The fourth-order valence-corrected chi connectivity index (χ4v) is 2.39. The highest BCUT2D eigenvalue weighted by molar-refractivity contribution is 5.92. The Morgan fingerprint density at radius 1 is 1.40 bits per heavy atom. The van der Waals surface area contributed by atoms with E-state index in [0.717, 1.165) is 26.1 Å². The van der Waals surface area contributed by atoms with E-state index in [2.05, 4.69) is 17.6 Å². The zero-order chi connectivity index (χ0) is 14.4. The minimum absolute atomic E-state index is 0.187. The molecular formula is C15H21FN2O2. The van der Waals surface area contributed by atoms with E-state index < -0.39 is 5.82 Å². The van der Waals surface area contributed by atoms with Crippen molar-refractivity contribution >= 4 is 11.6 Å². The van der Waals surface area contributed by atoms with Gasteiger partial charge in [-0.1, -0.05) is 12.1 Å². The lowest BCUT2D eigenvalue weighted by Gasteiger charge is -2.28. The summed E-state index contributed by atoms with van der Waals surface area (Å²) in [5.41, 5.74) is 0.220. The highest BCUT2D eigenvalue weighted by Gasteiger charge is 2.20. The first-order valence-corrected chi connectivity index (χ1v) is 7.02. The first-order chi connectivity index (χ1) is 9.66. The second-order valence-corrected chi connectivity index (χ2v) is 5.15. The minimum atomic E-state index is -0.418. The van der Waals surface area contributed by atoms with Crippen LogP contribution in [0.1, 0.15) is 19.8 Å². The summed E-state index contributed by atoms with van der Waals surface area (Å²) in [5, 5.41) is 5.77. The second kappa shape index (κ2) is 7.36. The summed E-state index contributed by atoms with van der Waals surface area (Å²) in [6.07, 6.45) is 2.03. The van der Waals surface area contributed by atoms with Gasteiger partial charge < -0.3 is 15.4 Å². The second-order valence-electron chi connectivity index (χ2n) is 5.15. The summed E-state index contributed by atoms with van der Waals surface area (Å²) in [4.78, 5) is 11.8. The number of hydrogen-bond acceptors (Lipinski definition) is 3. The molecule has 0 spiro atoms. The van der Waals surface area contributed by atoms with Crippen molar-refractivity contribution in [2.24, 2.45) is 5.92 Å². The third kappa shape index (κ3) is 4.28. The molecule has 1 aromatic rings. The fourth-order valence-electron chi connectivity index (χ4n) is 2.39. The molecule has 2 N–H and O–H groups in total. The molecule has 0 bridgehead atoms. The third-order valence-corrected chi connectivity index (χ3v) is 3.71. The van der Waals surface area contributed by atoms with Crippen molar-refractivity contribution in [1.29, 1.82) is 0 Å². The maximum Gasteiger partial charge on any atom is 0.238 e. The molecule has 1 amide bonds. The molecule has 5 heteroatoms. The summed E-state index contributed by atoms with van der Waals surface area (Å²) in [6, 6.07) is 6.42. The molecule has 1 atom stereocenters. The predicted octanol–water partition coefficient (Wildman–Crippen LogP) is 2.17. The van der Waals surface area contributed by atoms with E-state index in [0.29, 0.717) is 5.92 Å². The van der Waals surface area contributed by atoms with Crippen LogP contribution in [0.5, 0.6) is 0 Å². The fraction of sp³-hybridized carbons (Fsp3) is 0.533. The number of benzene rings is 1. The molecule has 2 rings (SSSR count). The van der Waals surface area contributed by atoms with E-state index >= 15 is 0 Å². The Kier molecular flexibility index (Phi) is 5.49. The van der Waals surface area contributed by atoms with E-state index in [1.807, 2.05) is 0 Å². The van der Waals surface area contributed by atoms with Crippen molar-refractivity contribution < 1.29 is 13.9 Å². The number of rotatable bonds is 5. The largest absolute Gasteiger partial charge is 0.381 e. The Morgan fingerprint density at radius 3 is 2.80 bits per heavy atom. The normalized spacial score (nSPS) is 17.7. The summed E-state index contributed by atoms with van der Waals surface area (Å²) < 4.78 is 18.7. The van der Waals surface area contributed by atoms with E-state index in [1.165, 1.54) is 6.07 Å². The molecule has 1 heterocycles. The van der Waals surface area contributed by atoms with Crippen LogP contribution in [0, 0.1) is 11.7 Å². The zero-order valence-corrected chi connectivity index (χ0v) is 11.7. The first-order valence-electron chi connectivity index (χ1n) is 7.02. The number of nitrogens with one attached hydrogen (secondary N) is 2. The average molecular weight is 280 g/mol. The van der Waals surface area contributed by atoms with Gasteiger partial charge in [0.15, 0.2) is 0 Å². The number of halogens is 1. The zero-order valence-electron chi connectivity index (χ0n) is 11.7. The summed E-state index contributed by atoms with van der Waals surface area (Å²) >= 11 is 0. The van der Waals surface area contributed by atoms with E-state index in [4.69, 9.17) is 4.74 Å². The van der Waals surface area contributed by atoms with Crippen LogP contribution in [0.4, 0.5) is 10.1 Å². The predicted molar refractivity (Wildman–Crippen MR) is 76.0 cm³/mol. The maximum absolute atomic E-state index is 13.4. The molecule has 0 radical (unpaired) electrons. The Bertz CT molecular complexity index is 447. The molecule has 0 saturated carbocycles. The van der Waals surface area contributed by atoms with Gasteiger partial charge in [0.05, 0.1) is 12.2 Å². The van der Waals surface area contributed by atoms with Crippen molar-refractivity contribution in [1.82, 2.24) is 5.32 Å². The number of amides is 1. The van der Waals surface area contributed by atoms with Gasteiger partial charge in [0.1, 0.15) is 5.82 Å². The summed E-state index contributed by atoms with van der Waals surface area (Å²) in [5.74, 6) is -0.114. The number of para-hydroxylation sites is 1. The number of hydrogen-bond donors (Lipinski definition) is 2. The van der Waals surface area contributed by atoms with Crippen molar-refractivity contribution in [2.45, 2.75) is 25.8 Å². The molecule has 4 nitrogen and oxygen atoms in total. The standard InChI is InChI=1S/C15H21FN2O2/c1-11(12-6-8-20-9-7-12)17-10-15(19)18-14-5-3-2-4-13(14)16/h2-5,11-12,17H,6-10H2,1H3,(H,18,19). The number of carbonyl (C=O) groups is 1. The smallest absolute Gasteiger partial charge is 0.238 e. The molecule has 1 aliphatic rings. The Labute approximate surface area is 118 Å². The average Bonchev–Trinajstić information content (AvgIpc) is 2.48. The molecule has 1 saturated heterocycles. The van der Waals surface area contributed by atoms with Crippen LogP contribution in [0.15, 0.2) is 24.3 Å². The molecule has 1 aliphatic heterocycles. The lowest BCUT2D eigenvalue weighted by molar-refractivity contribution is -0.115. The van der Waals surface area contributed by atoms with Crippen molar-refractivity contribution in [2.75, 3.05) is 25.1 Å². The Balaban J connectivity index is 1.76. The van der Waals surface area contributed by atoms with Crippen LogP contribution in [-0.2, 0) is 9.53 Å². The molecule has 0 aromatic heterocycles. The molecule has 110 valence electrons. The van der Waals surface area contributed by atoms with Crippen LogP contribution < -0.4 is 10.6 Å². The van der Waals surface area contributed by atoms with Gasteiger partial charge in [0.25, 0.3) is 0 Å². The van der Waals surface area contributed by atoms with Crippen LogP contribution >= 0.6 is 0 Å². The van der Waals surface area contributed by atoms with Gasteiger partial charge in [0.2, 0.25) is 5.91 Å². The highest BCUT2D eigenvalue weighted by Crippen LogP contribution is 2.18. The monoisotopic (exact) mass is 280 g/mol. The lowest BCUT2D eigenvalue weighted by Crippen LogP contribution is -2.40. The van der Waals surface area contributed by atoms with Gasteiger partial charge in [0, 0.05) is 19.3 Å². The number of anilines is 1. The SMILES string of the molecule is CC(NCC(=O)Nc1ccccc1F)C1CCOCC1. The quantitative estimate of drug-likeness (QED) is 0.869. The lowest BCUT2D eigenvalue weighted by atomic mass is 9.93. The van der Waals surface area contributed by atoms with Gasteiger partial charge in [-0.3, -0.25) is 4.79 Å². The minimum Gasteiger partial charge on any atom is -0.381 e. The van der Waals surface area contributed by atoms with Gasteiger partial charge in [-0.15, -0.1) is 0 Å².